The molecule has 3 heterocycles. The Labute approximate surface area is 242 Å². The van der Waals surface area contributed by atoms with Crippen molar-refractivity contribution in [1.29, 1.82) is 0 Å². The van der Waals surface area contributed by atoms with Gasteiger partial charge in [0, 0.05) is 32.7 Å². The average molecular weight is 618 g/mol. The van der Waals surface area contributed by atoms with Crippen LogP contribution in [-0.2, 0) is 39.7 Å². The minimum Gasteiger partial charge on any atom is -0.379 e. The van der Waals surface area contributed by atoms with E-state index in [1.54, 1.807) is 0 Å². The largest absolute Gasteiger partial charge is 0.416 e. The lowest BCUT2D eigenvalue weighted by molar-refractivity contribution is -0.231. The van der Waals surface area contributed by atoms with E-state index in [1.807, 2.05) is 4.90 Å². The van der Waals surface area contributed by atoms with Crippen LogP contribution in [-0.4, -0.2) is 71.0 Å². The Balaban J connectivity index is 1.42. The summed E-state index contributed by atoms with van der Waals surface area (Å²) in [5.41, 5.74) is -1.16. The molecule has 0 amide bonds. The monoisotopic (exact) mass is 617 g/mol. The molecule has 3 aromatic rings. The molecule has 0 bridgehead atoms. The zero-order valence-corrected chi connectivity index (χ0v) is 23.1. The lowest BCUT2D eigenvalue weighted by Gasteiger charge is -2.42. The molecule has 1 aromatic heterocycles. The molecule has 8 nitrogen and oxygen atoms in total. The molecule has 3 atom stereocenters. The summed E-state index contributed by atoms with van der Waals surface area (Å²) in [6.07, 6.45) is -12.3. The van der Waals surface area contributed by atoms with Crippen LogP contribution < -0.4 is 0 Å². The lowest BCUT2D eigenvalue weighted by atomic mass is 10.0. The number of aromatic nitrogens is 3. The van der Waals surface area contributed by atoms with E-state index in [2.05, 4.69) is 20.3 Å². The first-order valence-corrected chi connectivity index (χ1v) is 13.6. The highest BCUT2D eigenvalue weighted by atomic mass is 19.4. The fraction of sp³-hybridized carbons (Fsp3) is 0.500. The van der Waals surface area contributed by atoms with Gasteiger partial charge in [0.15, 0.2) is 6.29 Å². The van der Waals surface area contributed by atoms with E-state index < -0.39 is 47.7 Å². The van der Waals surface area contributed by atoms with Crippen molar-refractivity contribution in [2.24, 2.45) is 0 Å². The van der Waals surface area contributed by atoms with E-state index >= 15 is 0 Å². The van der Waals surface area contributed by atoms with Gasteiger partial charge in [-0.25, -0.2) is 4.39 Å². The van der Waals surface area contributed by atoms with Crippen molar-refractivity contribution in [3.8, 4) is 0 Å². The number of ether oxygens (including phenoxy) is 3. The molecule has 1 N–H and O–H groups in total. The second-order valence-corrected chi connectivity index (χ2v) is 10.4. The second kappa shape index (κ2) is 12.9. The van der Waals surface area contributed by atoms with Gasteiger partial charge in [-0.15, -0.1) is 5.10 Å². The molecule has 2 fully saturated rings. The zero-order chi connectivity index (χ0) is 30.8. The molecule has 234 valence electrons. The Morgan fingerprint density at radius 3 is 2.21 bits per heavy atom. The fourth-order valence-corrected chi connectivity index (χ4v) is 5.20. The predicted octanol–water partition coefficient (Wildman–Crippen LogP) is 5.49. The van der Waals surface area contributed by atoms with Crippen LogP contribution in [0.4, 0.5) is 30.7 Å². The number of morpholine rings is 2. The number of aromatic amines is 1. The highest BCUT2D eigenvalue weighted by Crippen LogP contribution is 2.40. The number of benzene rings is 2. The Bertz CT molecular complexity index is 1330. The van der Waals surface area contributed by atoms with E-state index in [0.29, 0.717) is 49.7 Å². The van der Waals surface area contributed by atoms with Crippen LogP contribution in [0, 0.1) is 5.82 Å². The summed E-state index contributed by atoms with van der Waals surface area (Å²) in [5, 5.41) is 11.2. The average Bonchev–Trinajstić information content (AvgIpc) is 3.39. The fourth-order valence-electron chi connectivity index (χ4n) is 5.20. The number of alkyl halides is 6. The highest BCUT2D eigenvalue weighted by Gasteiger charge is 2.39. The normalized spacial score (nSPS) is 21.7. The number of H-pyrrole nitrogens is 1. The summed E-state index contributed by atoms with van der Waals surface area (Å²) in [6, 6.07) is 6.23. The molecule has 0 radical (unpaired) electrons. The maximum atomic E-state index is 13.8. The molecule has 0 spiro atoms. The molecular formula is C28H30F7N5O3. The van der Waals surface area contributed by atoms with Crippen molar-refractivity contribution in [1.82, 2.24) is 25.2 Å². The smallest absolute Gasteiger partial charge is 0.379 e. The molecule has 2 aliphatic heterocycles. The van der Waals surface area contributed by atoms with E-state index in [0.717, 1.165) is 18.8 Å². The van der Waals surface area contributed by atoms with Gasteiger partial charge in [-0.2, -0.15) is 26.3 Å². The lowest BCUT2D eigenvalue weighted by Crippen LogP contribution is -2.46. The van der Waals surface area contributed by atoms with Crippen molar-refractivity contribution in [3.05, 3.63) is 81.9 Å². The van der Waals surface area contributed by atoms with Crippen molar-refractivity contribution in [2.75, 3.05) is 39.5 Å². The third-order valence-electron chi connectivity index (χ3n) is 7.48. The van der Waals surface area contributed by atoms with Gasteiger partial charge >= 0.3 is 12.4 Å². The first-order valence-electron chi connectivity index (χ1n) is 13.6. The molecule has 2 aliphatic rings. The first kappa shape index (κ1) is 31.3. The van der Waals surface area contributed by atoms with Crippen molar-refractivity contribution in [2.45, 2.75) is 50.8 Å². The predicted molar refractivity (Wildman–Crippen MR) is 138 cm³/mol. The summed E-state index contributed by atoms with van der Waals surface area (Å²) in [7, 11) is 0. The number of hydrogen-bond acceptors (Lipinski definition) is 7. The van der Waals surface area contributed by atoms with Gasteiger partial charge in [-0.3, -0.25) is 14.9 Å². The molecule has 0 aliphatic carbocycles. The molecule has 0 unspecified atom stereocenters. The van der Waals surface area contributed by atoms with Crippen LogP contribution in [0.1, 0.15) is 52.7 Å². The minimum absolute atomic E-state index is 0.0722. The van der Waals surface area contributed by atoms with Crippen LogP contribution >= 0.6 is 0 Å². The summed E-state index contributed by atoms with van der Waals surface area (Å²) in [6.45, 7) is 5.45. The van der Waals surface area contributed by atoms with Crippen LogP contribution in [0.3, 0.4) is 0 Å². The molecule has 43 heavy (non-hydrogen) atoms. The van der Waals surface area contributed by atoms with E-state index in [-0.39, 0.29) is 24.8 Å². The number of rotatable bonds is 8. The number of hydrogen-bond donors (Lipinski definition) is 1. The molecule has 5 rings (SSSR count). The minimum atomic E-state index is -5.00. The number of halogens is 7. The van der Waals surface area contributed by atoms with Gasteiger partial charge in [-0.05, 0) is 48.4 Å². The van der Waals surface area contributed by atoms with Gasteiger partial charge in [0.1, 0.15) is 11.5 Å². The third-order valence-corrected chi connectivity index (χ3v) is 7.48. The Morgan fingerprint density at radius 1 is 0.930 bits per heavy atom. The van der Waals surface area contributed by atoms with Crippen LogP contribution in [0.25, 0.3) is 0 Å². The molecule has 0 saturated carbocycles. The highest BCUT2D eigenvalue weighted by molar-refractivity contribution is 5.35. The van der Waals surface area contributed by atoms with Crippen molar-refractivity contribution >= 4 is 0 Å². The van der Waals surface area contributed by atoms with E-state index in [4.69, 9.17) is 14.2 Å². The quantitative estimate of drug-likeness (QED) is 0.335. The summed E-state index contributed by atoms with van der Waals surface area (Å²) >= 11 is 0. The maximum Gasteiger partial charge on any atom is 0.416 e. The van der Waals surface area contributed by atoms with Crippen molar-refractivity contribution < 1.29 is 44.9 Å². The summed E-state index contributed by atoms with van der Waals surface area (Å²) in [5.74, 6) is -0.481. The summed E-state index contributed by atoms with van der Waals surface area (Å²) < 4.78 is 112. The Kier molecular flexibility index (Phi) is 9.37. The van der Waals surface area contributed by atoms with Crippen LogP contribution in [0.15, 0.2) is 42.5 Å². The maximum absolute atomic E-state index is 13.8. The Morgan fingerprint density at radius 2 is 1.58 bits per heavy atom. The van der Waals surface area contributed by atoms with Gasteiger partial charge in [0.25, 0.3) is 0 Å². The van der Waals surface area contributed by atoms with Crippen LogP contribution in [0.5, 0.6) is 0 Å². The number of nitrogens with zero attached hydrogens (tertiary/aromatic N) is 4. The van der Waals surface area contributed by atoms with Gasteiger partial charge < -0.3 is 14.2 Å². The SMILES string of the molecule is C[C@@H](O[C@H]1OCCN(Cc2nn[nH]c2CN2CCOCC2)[C@H]1c1ccc(F)cc1)c1cc(C(F)(F)F)cc(C(F)(F)F)c1. The molecular weight excluding hydrogens is 587 g/mol. The van der Waals surface area contributed by atoms with Crippen molar-refractivity contribution in [3.63, 3.8) is 0 Å². The Hall–Kier alpha value is -3.11. The molecule has 2 saturated heterocycles. The first-order chi connectivity index (χ1) is 20.4. The third kappa shape index (κ3) is 7.70. The summed E-state index contributed by atoms with van der Waals surface area (Å²) in [4.78, 5) is 4.15. The van der Waals surface area contributed by atoms with E-state index in [1.165, 1.54) is 31.2 Å². The zero-order valence-electron chi connectivity index (χ0n) is 23.1. The second-order valence-electron chi connectivity index (χ2n) is 10.4. The standard InChI is InChI=1S/C28H30F7N5O3/c1-17(19-12-20(27(30,31)32)14-21(13-19)28(33,34)35)43-26-25(18-2-4-22(29)5-3-18)40(8-11-42-26)16-24-23(36-38-37-24)15-39-6-9-41-10-7-39/h2-5,12-14,17,25-26H,6-11,15-16H2,1H3,(H,36,37,38)/t17-,25+,26-/m1/s1. The van der Waals surface area contributed by atoms with Gasteiger partial charge in [0.2, 0.25) is 0 Å². The number of nitrogens with one attached hydrogen (secondary N) is 1. The topological polar surface area (TPSA) is 75.7 Å². The van der Waals surface area contributed by atoms with E-state index in [9.17, 15) is 30.7 Å². The van der Waals surface area contributed by atoms with Gasteiger partial charge in [-0.1, -0.05) is 17.3 Å². The van der Waals surface area contributed by atoms with Crippen LogP contribution in [0.2, 0.25) is 0 Å². The van der Waals surface area contributed by atoms with Gasteiger partial charge in [0.05, 0.1) is 48.8 Å². The molecule has 2 aromatic carbocycles. The molecule has 15 heteroatoms.